The van der Waals surface area contributed by atoms with Crippen LogP contribution in [0, 0.1) is 0 Å². The summed E-state index contributed by atoms with van der Waals surface area (Å²) < 4.78 is 5.65. The Morgan fingerprint density at radius 3 is 2.86 bits per heavy atom. The maximum atomic E-state index is 5.73. The molecule has 0 bridgehead atoms. The summed E-state index contributed by atoms with van der Waals surface area (Å²) in [6.45, 7) is 0. The summed E-state index contributed by atoms with van der Waals surface area (Å²) >= 11 is 0. The van der Waals surface area contributed by atoms with Crippen LogP contribution in [0.2, 0.25) is 0 Å². The van der Waals surface area contributed by atoms with Crippen molar-refractivity contribution in [2.75, 3.05) is 11.1 Å². The van der Waals surface area contributed by atoms with Crippen molar-refractivity contribution in [3.05, 3.63) is 54.7 Å². The van der Waals surface area contributed by atoms with Crippen molar-refractivity contribution in [2.24, 2.45) is 0 Å². The summed E-state index contributed by atoms with van der Waals surface area (Å²) in [6.07, 6.45) is 1.78. The maximum Gasteiger partial charge on any atom is 0.300 e. The fraction of sp³-hybridized carbons (Fsp3) is 0. The van der Waals surface area contributed by atoms with E-state index < -0.39 is 0 Å². The second-order valence-electron chi connectivity index (χ2n) is 4.78. The first-order valence-corrected chi connectivity index (χ1v) is 6.56. The van der Waals surface area contributed by atoms with Gasteiger partial charge in [0.1, 0.15) is 5.52 Å². The third-order valence-corrected chi connectivity index (χ3v) is 3.27. The van der Waals surface area contributed by atoms with Crippen molar-refractivity contribution in [1.29, 1.82) is 0 Å². The molecule has 5 heteroatoms. The maximum absolute atomic E-state index is 5.73. The quantitative estimate of drug-likeness (QED) is 0.546. The first-order chi connectivity index (χ1) is 10.3. The number of fused-ring (bicyclic) bond motifs is 2. The molecule has 0 unspecified atom stereocenters. The largest absolute Gasteiger partial charge is 0.423 e. The number of nitrogens with zero attached hydrogens (tertiary/aromatic N) is 2. The number of pyridine rings is 1. The number of anilines is 3. The summed E-state index contributed by atoms with van der Waals surface area (Å²) in [4.78, 5) is 8.67. The zero-order chi connectivity index (χ0) is 14.2. The number of nitrogens with one attached hydrogen (secondary N) is 1. The zero-order valence-corrected chi connectivity index (χ0v) is 11.1. The summed E-state index contributed by atoms with van der Waals surface area (Å²) in [5.74, 6) is 0. The highest BCUT2D eigenvalue weighted by Crippen LogP contribution is 2.25. The Morgan fingerprint density at radius 2 is 1.90 bits per heavy atom. The molecular weight excluding hydrogens is 264 g/mol. The van der Waals surface area contributed by atoms with Crippen LogP contribution in [0.4, 0.5) is 17.4 Å². The summed E-state index contributed by atoms with van der Waals surface area (Å²) in [6, 6.07) is 15.7. The van der Waals surface area contributed by atoms with E-state index in [1.54, 1.807) is 18.3 Å². The Labute approximate surface area is 120 Å². The highest BCUT2D eigenvalue weighted by atomic mass is 16.4. The first-order valence-electron chi connectivity index (χ1n) is 6.56. The van der Waals surface area contributed by atoms with Crippen molar-refractivity contribution in [3.63, 3.8) is 0 Å². The molecule has 0 fully saturated rings. The van der Waals surface area contributed by atoms with E-state index in [4.69, 9.17) is 10.2 Å². The second-order valence-corrected chi connectivity index (χ2v) is 4.78. The Morgan fingerprint density at radius 1 is 1.00 bits per heavy atom. The molecule has 0 amide bonds. The Kier molecular flexibility index (Phi) is 2.50. The molecule has 2 aromatic carbocycles. The predicted molar refractivity (Wildman–Crippen MR) is 83.4 cm³/mol. The molecule has 102 valence electrons. The third kappa shape index (κ3) is 2.14. The number of aromatic nitrogens is 2. The number of hydrogen-bond donors (Lipinski definition) is 2. The van der Waals surface area contributed by atoms with Crippen molar-refractivity contribution < 1.29 is 4.42 Å². The van der Waals surface area contributed by atoms with Gasteiger partial charge in [0.25, 0.3) is 6.01 Å². The Bertz CT molecular complexity index is 945. The van der Waals surface area contributed by atoms with E-state index in [0.29, 0.717) is 17.3 Å². The highest BCUT2D eigenvalue weighted by Gasteiger charge is 2.06. The summed E-state index contributed by atoms with van der Waals surface area (Å²) in [5.41, 5.74) is 9.68. The Balaban J connectivity index is 1.71. The molecule has 2 aromatic heterocycles. The Hall–Kier alpha value is -3.08. The van der Waals surface area contributed by atoms with Gasteiger partial charge in [-0.1, -0.05) is 6.07 Å². The van der Waals surface area contributed by atoms with E-state index in [-0.39, 0.29) is 0 Å². The summed E-state index contributed by atoms with van der Waals surface area (Å²) in [5, 5.41) is 4.22. The molecule has 0 aliphatic carbocycles. The van der Waals surface area contributed by atoms with Crippen molar-refractivity contribution in [2.45, 2.75) is 0 Å². The number of rotatable bonds is 2. The number of hydrogen-bond acceptors (Lipinski definition) is 5. The molecule has 4 rings (SSSR count). The van der Waals surface area contributed by atoms with Gasteiger partial charge in [-0.25, -0.2) is 0 Å². The monoisotopic (exact) mass is 276 g/mol. The van der Waals surface area contributed by atoms with E-state index in [9.17, 15) is 0 Å². The molecule has 0 aliphatic rings. The van der Waals surface area contributed by atoms with Crippen LogP contribution in [0.5, 0.6) is 0 Å². The molecule has 0 saturated heterocycles. The first kappa shape index (κ1) is 11.7. The lowest BCUT2D eigenvalue weighted by Gasteiger charge is -2.03. The molecule has 0 saturated carbocycles. The molecule has 2 heterocycles. The molecule has 3 N–H and O–H groups in total. The average molecular weight is 276 g/mol. The number of benzene rings is 2. The van der Waals surface area contributed by atoms with Gasteiger partial charge in [-0.2, -0.15) is 4.98 Å². The minimum atomic E-state index is 0.443. The average Bonchev–Trinajstić information content (AvgIpc) is 2.88. The van der Waals surface area contributed by atoms with Gasteiger partial charge >= 0.3 is 0 Å². The van der Waals surface area contributed by atoms with Crippen LogP contribution in [0.1, 0.15) is 0 Å². The molecule has 0 radical (unpaired) electrons. The minimum absolute atomic E-state index is 0.443. The second kappa shape index (κ2) is 4.49. The lowest BCUT2D eigenvalue weighted by atomic mass is 10.2. The van der Waals surface area contributed by atoms with E-state index >= 15 is 0 Å². The van der Waals surface area contributed by atoms with Gasteiger partial charge in [0.15, 0.2) is 5.58 Å². The third-order valence-electron chi connectivity index (χ3n) is 3.27. The van der Waals surface area contributed by atoms with Crippen LogP contribution in [0.25, 0.3) is 22.0 Å². The highest BCUT2D eigenvalue weighted by molar-refractivity contribution is 5.83. The fourth-order valence-electron chi connectivity index (χ4n) is 2.27. The molecule has 21 heavy (non-hydrogen) atoms. The van der Waals surface area contributed by atoms with Crippen molar-refractivity contribution in [1.82, 2.24) is 9.97 Å². The lowest BCUT2D eigenvalue weighted by Crippen LogP contribution is -1.90. The van der Waals surface area contributed by atoms with Crippen molar-refractivity contribution in [3.8, 4) is 0 Å². The predicted octanol–water partition coefficient (Wildman–Crippen LogP) is 3.70. The van der Waals surface area contributed by atoms with Crippen molar-refractivity contribution >= 4 is 39.4 Å². The minimum Gasteiger partial charge on any atom is -0.423 e. The topological polar surface area (TPSA) is 77.0 Å². The fourth-order valence-corrected chi connectivity index (χ4v) is 2.27. The summed E-state index contributed by atoms with van der Waals surface area (Å²) in [7, 11) is 0. The van der Waals surface area contributed by atoms with Crippen LogP contribution in [-0.4, -0.2) is 9.97 Å². The number of nitrogen functional groups attached to an aromatic ring is 1. The van der Waals surface area contributed by atoms with Gasteiger partial charge in [-0.05, 0) is 36.4 Å². The van der Waals surface area contributed by atoms with Gasteiger partial charge in [0.05, 0.1) is 5.52 Å². The van der Waals surface area contributed by atoms with Gasteiger partial charge in [0, 0.05) is 29.0 Å². The normalized spacial score (nSPS) is 11.0. The number of oxazole rings is 1. The molecule has 5 nitrogen and oxygen atoms in total. The smallest absolute Gasteiger partial charge is 0.300 e. The number of nitrogens with two attached hydrogens (primary N) is 1. The van der Waals surface area contributed by atoms with Crippen LogP contribution >= 0.6 is 0 Å². The van der Waals surface area contributed by atoms with Crippen LogP contribution < -0.4 is 11.1 Å². The van der Waals surface area contributed by atoms with E-state index in [2.05, 4.69) is 15.3 Å². The SMILES string of the molecule is Nc1ccc2nc(Nc3ccc4ncccc4c3)oc2c1. The molecule has 0 spiro atoms. The van der Waals surface area contributed by atoms with E-state index in [0.717, 1.165) is 22.1 Å². The molecule has 4 aromatic rings. The van der Waals surface area contributed by atoms with Crippen LogP contribution in [0.15, 0.2) is 59.1 Å². The van der Waals surface area contributed by atoms with Gasteiger partial charge in [0.2, 0.25) is 0 Å². The standard InChI is InChI=1S/C16H12N4O/c17-11-3-5-14-15(9-11)21-16(20-14)19-12-4-6-13-10(8-12)2-1-7-18-13/h1-9H,17H2,(H,19,20). The van der Waals surface area contributed by atoms with Gasteiger partial charge in [-0.3, -0.25) is 4.98 Å². The van der Waals surface area contributed by atoms with Crippen LogP contribution in [0.3, 0.4) is 0 Å². The molecule has 0 aliphatic heterocycles. The van der Waals surface area contributed by atoms with Gasteiger partial charge < -0.3 is 15.5 Å². The van der Waals surface area contributed by atoms with E-state index in [1.165, 1.54) is 0 Å². The van der Waals surface area contributed by atoms with E-state index in [1.807, 2.05) is 36.4 Å². The van der Waals surface area contributed by atoms with Gasteiger partial charge in [-0.15, -0.1) is 0 Å². The molecular formula is C16H12N4O. The van der Waals surface area contributed by atoms with Crippen LogP contribution in [-0.2, 0) is 0 Å². The zero-order valence-electron chi connectivity index (χ0n) is 11.1. The lowest BCUT2D eigenvalue weighted by molar-refractivity contribution is 0.623. The molecule has 0 atom stereocenters.